The number of nitrogens with one attached hydrogen (secondary N) is 1. The largest absolute Gasteiger partial charge is 0.480 e. The normalized spacial score (nSPS) is 18.6. The monoisotopic (exact) mass is 350 g/mol. The Morgan fingerprint density at radius 1 is 1.19 bits per heavy atom. The zero-order chi connectivity index (χ0) is 18.1. The molecule has 1 fully saturated rings. The highest BCUT2D eigenvalue weighted by atomic mass is 16.4. The average molecular weight is 350 g/mol. The van der Waals surface area contributed by atoms with E-state index >= 15 is 0 Å². The van der Waals surface area contributed by atoms with Crippen LogP contribution < -0.4 is 5.32 Å². The Bertz CT molecular complexity index is 976. The van der Waals surface area contributed by atoms with Gasteiger partial charge in [0, 0.05) is 5.92 Å². The Morgan fingerprint density at radius 3 is 2.85 bits per heavy atom. The SMILES string of the molecule is O=C(O)Cn1cc(CNC(=O)C2CC2c2cccc3ccccc23)nn1. The van der Waals surface area contributed by atoms with Gasteiger partial charge in [0.25, 0.3) is 0 Å². The standard InChI is InChI=1S/C19H18N4O3/c24-18(25)11-23-10-13(21-22-23)9-20-19(26)17-8-16(17)15-7-3-5-12-4-1-2-6-14(12)15/h1-7,10,16-17H,8-9,11H2,(H,20,26)(H,24,25). The minimum Gasteiger partial charge on any atom is -0.480 e. The fraction of sp³-hybridized carbons (Fsp3) is 0.263. The molecule has 4 rings (SSSR count). The molecule has 1 aromatic heterocycles. The fourth-order valence-electron chi connectivity index (χ4n) is 3.35. The molecule has 26 heavy (non-hydrogen) atoms. The van der Waals surface area contributed by atoms with Crippen LogP contribution >= 0.6 is 0 Å². The number of hydrogen-bond acceptors (Lipinski definition) is 4. The Hall–Kier alpha value is -3.22. The Morgan fingerprint density at radius 2 is 2.00 bits per heavy atom. The number of nitrogens with zero attached hydrogens (tertiary/aromatic N) is 3. The third-order valence-corrected chi connectivity index (χ3v) is 4.68. The molecule has 1 heterocycles. The minimum absolute atomic E-state index is 0.00396. The fourth-order valence-corrected chi connectivity index (χ4v) is 3.35. The van der Waals surface area contributed by atoms with Crippen LogP contribution in [0.5, 0.6) is 0 Å². The first kappa shape index (κ1) is 16.3. The molecule has 7 nitrogen and oxygen atoms in total. The van der Waals surface area contributed by atoms with Crippen molar-refractivity contribution in [3.8, 4) is 0 Å². The number of carboxylic acids is 1. The van der Waals surface area contributed by atoms with Crippen molar-refractivity contribution in [2.45, 2.75) is 25.4 Å². The number of carbonyl (C=O) groups excluding carboxylic acids is 1. The quantitative estimate of drug-likeness (QED) is 0.708. The van der Waals surface area contributed by atoms with Crippen molar-refractivity contribution in [1.29, 1.82) is 0 Å². The predicted molar refractivity (Wildman–Crippen MR) is 94.3 cm³/mol. The number of benzene rings is 2. The van der Waals surface area contributed by atoms with E-state index in [1.54, 1.807) is 0 Å². The molecule has 0 spiro atoms. The third-order valence-electron chi connectivity index (χ3n) is 4.68. The number of hydrogen-bond donors (Lipinski definition) is 2. The molecule has 2 atom stereocenters. The van der Waals surface area contributed by atoms with Crippen molar-refractivity contribution in [1.82, 2.24) is 20.3 Å². The van der Waals surface area contributed by atoms with Gasteiger partial charge < -0.3 is 10.4 Å². The molecular formula is C19H18N4O3. The third kappa shape index (κ3) is 3.28. The number of rotatable bonds is 6. The van der Waals surface area contributed by atoms with Gasteiger partial charge in [0.2, 0.25) is 5.91 Å². The molecule has 1 saturated carbocycles. The first-order chi connectivity index (χ1) is 12.6. The van der Waals surface area contributed by atoms with Gasteiger partial charge in [0.15, 0.2) is 0 Å². The molecule has 3 aromatic rings. The maximum atomic E-state index is 12.4. The first-order valence-electron chi connectivity index (χ1n) is 8.48. The summed E-state index contributed by atoms with van der Waals surface area (Å²) in [5.74, 6) is -0.782. The van der Waals surface area contributed by atoms with Crippen molar-refractivity contribution in [3.63, 3.8) is 0 Å². The summed E-state index contributed by atoms with van der Waals surface area (Å²) >= 11 is 0. The van der Waals surface area contributed by atoms with Crippen LogP contribution in [0.2, 0.25) is 0 Å². The molecule has 2 unspecified atom stereocenters. The van der Waals surface area contributed by atoms with E-state index in [9.17, 15) is 9.59 Å². The van der Waals surface area contributed by atoms with E-state index in [0.29, 0.717) is 5.69 Å². The second-order valence-corrected chi connectivity index (χ2v) is 6.54. The van der Waals surface area contributed by atoms with Crippen LogP contribution in [0.25, 0.3) is 10.8 Å². The highest BCUT2D eigenvalue weighted by Crippen LogP contribution is 2.49. The molecule has 2 N–H and O–H groups in total. The summed E-state index contributed by atoms with van der Waals surface area (Å²) in [5, 5.41) is 21.6. The summed E-state index contributed by atoms with van der Waals surface area (Å²) in [7, 11) is 0. The van der Waals surface area contributed by atoms with Crippen LogP contribution in [0.3, 0.4) is 0 Å². The van der Waals surface area contributed by atoms with Crippen molar-refractivity contribution < 1.29 is 14.7 Å². The van der Waals surface area contributed by atoms with Gasteiger partial charge in [0.1, 0.15) is 12.2 Å². The van der Waals surface area contributed by atoms with E-state index in [1.165, 1.54) is 27.2 Å². The maximum Gasteiger partial charge on any atom is 0.325 e. The number of fused-ring (bicyclic) bond motifs is 1. The molecule has 0 radical (unpaired) electrons. The predicted octanol–water partition coefficient (Wildman–Crippen LogP) is 1.94. The first-order valence-corrected chi connectivity index (χ1v) is 8.48. The molecule has 1 aliphatic rings. The van der Waals surface area contributed by atoms with Crippen molar-refractivity contribution in [2.24, 2.45) is 5.92 Å². The number of carboxylic acid groups (broad SMARTS) is 1. The van der Waals surface area contributed by atoms with Gasteiger partial charge in [-0.25, -0.2) is 4.68 Å². The van der Waals surface area contributed by atoms with Crippen molar-refractivity contribution in [3.05, 3.63) is 59.9 Å². The van der Waals surface area contributed by atoms with Gasteiger partial charge in [-0.1, -0.05) is 47.7 Å². The number of amides is 1. The summed E-state index contributed by atoms with van der Waals surface area (Å²) in [6, 6.07) is 14.4. The topological polar surface area (TPSA) is 97.1 Å². The molecule has 1 amide bonds. The number of aromatic nitrogens is 3. The van der Waals surface area contributed by atoms with Gasteiger partial charge in [-0.05, 0) is 28.7 Å². The molecule has 1 aliphatic carbocycles. The van der Waals surface area contributed by atoms with Crippen LogP contribution in [0, 0.1) is 5.92 Å². The van der Waals surface area contributed by atoms with Crippen LogP contribution in [0.1, 0.15) is 23.6 Å². The van der Waals surface area contributed by atoms with Gasteiger partial charge in [-0.15, -0.1) is 5.10 Å². The van der Waals surface area contributed by atoms with E-state index in [2.05, 4.69) is 39.9 Å². The van der Waals surface area contributed by atoms with Crippen molar-refractivity contribution >= 4 is 22.6 Å². The van der Waals surface area contributed by atoms with E-state index in [1.807, 2.05) is 18.2 Å². The van der Waals surface area contributed by atoms with Gasteiger partial charge >= 0.3 is 5.97 Å². The lowest BCUT2D eigenvalue weighted by atomic mass is 10.00. The van der Waals surface area contributed by atoms with E-state index in [4.69, 9.17) is 5.11 Å². The summed E-state index contributed by atoms with van der Waals surface area (Å²) < 4.78 is 1.24. The molecular weight excluding hydrogens is 332 g/mol. The summed E-state index contributed by atoms with van der Waals surface area (Å²) in [6.07, 6.45) is 2.37. The van der Waals surface area contributed by atoms with Crippen LogP contribution in [-0.4, -0.2) is 32.0 Å². The zero-order valence-electron chi connectivity index (χ0n) is 14.0. The molecule has 132 valence electrons. The minimum atomic E-state index is -0.985. The Kier molecular flexibility index (Phi) is 4.12. The average Bonchev–Trinajstić information content (AvgIpc) is 3.32. The molecule has 0 saturated heterocycles. The van der Waals surface area contributed by atoms with E-state index < -0.39 is 5.97 Å². The Balaban J connectivity index is 1.38. The van der Waals surface area contributed by atoms with Gasteiger partial charge in [-0.3, -0.25) is 9.59 Å². The van der Waals surface area contributed by atoms with Gasteiger partial charge in [-0.2, -0.15) is 0 Å². The highest BCUT2D eigenvalue weighted by molar-refractivity contribution is 5.89. The summed E-state index contributed by atoms with van der Waals surface area (Å²) in [6.45, 7) is 0.00391. The molecule has 0 aliphatic heterocycles. The van der Waals surface area contributed by atoms with Crippen LogP contribution in [0.4, 0.5) is 0 Å². The van der Waals surface area contributed by atoms with E-state index in [-0.39, 0.29) is 30.8 Å². The van der Waals surface area contributed by atoms with Crippen LogP contribution in [-0.2, 0) is 22.7 Å². The zero-order valence-corrected chi connectivity index (χ0v) is 14.0. The Labute approximate surface area is 149 Å². The second-order valence-electron chi connectivity index (χ2n) is 6.54. The lowest BCUT2D eigenvalue weighted by molar-refractivity contribution is -0.138. The molecule has 7 heteroatoms. The molecule has 0 bridgehead atoms. The van der Waals surface area contributed by atoms with Crippen LogP contribution in [0.15, 0.2) is 48.7 Å². The number of carbonyl (C=O) groups is 2. The lowest BCUT2D eigenvalue weighted by Gasteiger charge is -2.06. The van der Waals surface area contributed by atoms with E-state index in [0.717, 1.165) is 6.42 Å². The summed E-state index contributed by atoms with van der Waals surface area (Å²) in [4.78, 5) is 23.1. The van der Waals surface area contributed by atoms with Gasteiger partial charge in [0.05, 0.1) is 12.7 Å². The lowest BCUT2D eigenvalue weighted by Crippen LogP contribution is -2.25. The smallest absolute Gasteiger partial charge is 0.325 e. The number of aliphatic carboxylic acids is 1. The second kappa shape index (κ2) is 6.59. The maximum absolute atomic E-state index is 12.4. The van der Waals surface area contributed by atoms with Crippen molar-refractivity contribution in [2.75, 3.05) is 0 Å². The highest BCUT2D eigenvalue weighted by Gasteiger charge is 2.44. The molecule has 2 aromatic carbocycles. The summed E-state index contributed by atoms with van der Waals surface area (Å²) in [5.41, 5.74) is 1.76.